The first-order valence-corrected chi connectivity index (χ1v) is 7.48. The van der Waals surface area contributed by atoms with Gasteiger partial charge in [0.25, 0.3) is 0 Å². The fourth-order valence-electron chi connectivity index (χ4n) is 2.35. The lowest BCUT2D eigenvalue weighted by molar-refractivity contribution is 0.411. The van der Waals surface area contributed by atoms with E-state index >= 15 is 0 Å². The Morgan fingerprint density at radius 2 is 1.81 bits per heavy atom. The van der Waals surface area contributed by atoms with Crippen molar-refractivity contribution in [2.24, 2.45) is 0 Å². The zero-order chi connectivity index (χ0) is 14.8. The van der Waals surface area contributed by atoms with E-state index < -0.39 is 0 Å². The average Bonchev–Trinajstić information content (AvgIpc) is 3.00. The van der Waals surface area contributed by atoms with Gasteiger partial charge in [0.05, 0.1) is 12.0 Å². The number of aromatic nitrogens is 2. The number of aryl methyl sites for hydroxylation is 1. The minimum absolute atomic E-state index is 0.916. The predicted molar refractivity (Wildman–Crippen MR) is 86.8 cm³/mol. The Morgan fingerprint density at radius 3 is 2.52 bits per heavy atom. The van der Waals surface area contributed by atoms with Gasteiger partial charge >= 0.3 is 0 Å². The molecule has 21 heavy (non-hydrogen) atoms. The Kier molecular flexibility index (Phi) is 3.71. The van der Waals surface area contributed by atoms with E-state index in [9.17, 15) is 0 Å². The molecule has 0 atom stereocenters. The van der Waals surface area contributed by atoms with Crippen LogP contribution in [0.5, 0.6) is 5.75 Å². The molecule has 0 saturated carbocycles. The fraction of sp³-hybridized carbons (Fsp3) is 0.176. The smallest absolute Gasteiger partial charge is 0.122 e. The molecule has 2 heterocycles. The summed E-state index contributed by atoms with van der Waals surface area (Å²) in [4.78, 5) is 5.23. The lowest BCUT2D eigenvalue weighted by atomic mass is 10.00. The molecule has 0 radical (unpaired) electrons. The first-order valence-electron chi connectivity index (χ1n) is 6.71. The summed E-state index contributed by atoms with van der Waals surface area (Å²) in [6.45, 7) is 4.18. The van der Waals surface area contributed by atoms with Crippen LogP contribution in [0.4, 0.5) is 0 Å². The monoisotopic (exact) mass is 296 g/mol. The third-order valence-electron chi connectivity index (χ3n) is 3.66. The Balaban J connectivity index is 2.15. The standard InChI is InChI=1S/C17H16N2OS/c1-11-8-14(9-16(20-3)12(11)2)17-15(10-19-21-17)13-4-6-18-7-5-13/h4-10H,1-3H3. The van der Waals surface area contributed by atoms with Crippen LogP contribution < -0.4 is 4.74 Å². The van der Waals surface area contributed by atoms with E-state index in [-0.39, 0.29) is 0 Å². The highest BCUT2D eigenvalue weighted by Gasteiger charge is 2.13. The Bertz CT molecular complexity index is 766. The summed E-state index contributed by atoms with van der Waals surface area (Å²) < 4.78 is 9.85. The highest BCUT2D eigenvalue weighted by Crippen LogP contribution is 2.38. The second-order valence-corrected chi connectivity index (χ2v) is 5.73. The molecule has 0 aliphatic heterocycles. The summed E-state index contributed by atoms with van der Waals surface area (Å²) in [6, 6.07) is 8.29. The molecule has 0 aliphatic rings. The van der Waals surface area contributed by atoms with Crippen molar-refractivity contribution in [1.82, 2.24) is 9.36 Å². The normalized spacial score (nSPS) is 10.6. The largest absolute Gasteiger partial charge is 0.496 e. The van der Waals surface area contributed by atoms with Gasteiger partial charge < -0.3 is 4.74 Å². The maximum atomic E-state index is 5.48. The average molecular weight is 296 g/mol. The fourth-order valence-corrected chi connectivity index (χ4v) is 3.11. The number of hydrogen-bond acceptors (Lipinski definition) is 4. The number of methoxy groups -OCH3 is 1. The minimum Gasteiger partial charge on any atom is -0.496 e. The summed E-state index contributed by atoms with van der Waals surface area (Å²) in [5.74, 6) is 0.916. The first kappa shape index (κ1) is 13.8. The molecule has 0 spiro atoms. The SMILES string of the molecule is COc1cc(-c2sncc2-c2ccncc2)cc(C)c1C. The van der Waals surface area contributed by atoms with Crippen LogP contribution in [0.3, 0.4) is 0 Å². The summed E-state index contributed by atoms with van der Waals surface area (Å²) >= 11 is 1.51. The number of hydrogen-bond donors (Lipinski definition) is 0. The second kappa shape index (κ2) is 5.66. The van der Waals surface area contributed by atoms with Gasteiger partial charge in [-0.1, -0.05) is 6.07 Å². The van der Waals surface area contributed by atoms with Crippen LogP contribution in [0.1, 0.15) is 11.1 Å². The molecule has 3 rings (SSSR count). The molecule has 4 heteroatoms. The number of rotatable bonds is 3. The number of pyridine rings is 1. The molecule has 3 nitrogen and oxygen atoms in total. The molecule has 0 bridgehead atoms. The Morgan fingerprint density at radius 1 is 1.05 bits per heavy atom. The summed E-state index contributed by atoms with van der Waals surface area (Å²) in [5.41, 5.74) is 5.80. The van der Waals surface area contributed by atoms with Gasteiger partial charge in [0.2, 0.25) is 0 Å². The number of nitrogens with zero attached hydrogens (tertiary/aromatic N) is 2. The molecule has 0 fully saturated rings. The predicted octanol–water partition coefficient (Wildman–Crippen LogP) is 4.50. The third kappa shape index (κ3) is 2.54. The molecule has 2 aromatic heterocycles. The van der Waals surface area contributed by atoms with Crippen molar-refractivity contribution < 1.29 is 4.74 Å². The Labute approximate surface area is 128 Å². The van der Waals surface area contributed by atoms with Crippen LogP contribution in [0, 0.1) is 13.8 Å². The van der Waals surface area contributed by atoms with Crippen LogP contribution in [0.15, 0.2) is 42.9 Å². The molecule has 1 aromatic carbocycles. The molecule has 106 valence electrons. The van der Waals surface area contributed by atoms with Gasteiger partial charge in [-0.3, -0.25) is 4.98 Å². The molecular formula is C17H16N2OS. The maximum Gasteiger partial charge on any atom is 0.122 e. The van der Waals surface area contributed by atoms with Crippen LogP contribution in [-0.4, -0.2) is 16.5 Å². The zero-order valence-electron chi connectivity index (χ0n) is 12.3. The van der Waals surface area contributed by atoms with Crippen LogP contribution in [0.2, 0.25) is 0 Å². The summed E-state index contributed by atoms with van der Waals surface area (Å²) in [6.07, 6.45) is 5.52. The van der Waals surface area contributed by atoms with Crippen molar-refractivity contribution in [2.45, 2.75) is 13.8 Å². The molecule has 0 unspecified atom stereocenters. The van der Waals surface area contributed by atoms with Gasteiger partial charge in [-0.05, 0) is 65.8 Å². The second-order valence-electron chi connectivity index (χ2n) is 4.92. The van der Waals surface area contributed by atoms with E-state index in [1.165, 1.54) is 22.7 Å². The topological polar surface area (TPSA) is 35.0 Å². The minimum atomic E-state index is 0.916. The van der Waals surface area contributed by atoms with Crippen molar-refractivity contribution in [1.29, 1.82) is 0 Å². The van der Waals surface area contributed by atoms with Gasteiger partial charge in [0, 0.05) is 24.2 Å². The van der Waals surface area contributed by atoms with Gasteiger partial charge in [0.1, 0.15) is 5.75 Å². The van der Waals surface area contributed by atoms with E-state index in [1.54, 1.807) is 19.5 Å². The molecule has 0 aliphatic carbocycles. The Hall–Kier alpha value is -2.20. The van der Waals surface area contributed by atoms with Gasteiger partial charge in [0.15, 0.2) is 0 Å². The number of ether oxygens (including phenoxy) is 1. The molecular weight excluding hydrogens is 280 g/mol. The van der Waals surface area contributed by atoms with Gasteiger partial charge in [-0.15, -0.1) is 0 Å². The highest BCUT2D eigenvalue weighted by molar-refractivity contribution is 7.10. The first-order chi connectivity index (χ1) is 10.2. The van der Waals surface area contributed by atoms with Crippen LogP contribution in [-0.2, 0) is 0 Å². The van der Waals surface area contributed by atoms with Gasteiger partial charge in [-0.2, -0.15) is 4.37 Å². The van der Waals surface area contributed by atoms with E-state index in [4.69, 9.17) is 4.74 Å². The quantitative estimate of drug-likeness (QED) is 0.714. The lowest BCUT2D eigenvalue weighted by Gasteiger charge is -2.11. The summed E-state index contributed by atoms with van der Waals surface area (Å²) in [5, 5.41) is 0. The van der Waals surface area contributed by atoms with E-state index in [0.29, 0.717) is 0 Å². The zero-order valence-corrected chi connectivity index (χ0v) is 13.1. The van der Waals surface area contributed by atoms with Crippen LogP contribution in [0.25, 0.3) is 21.6 Å². The molecule has 0 N–H and O–H groups in total. The molecule has 0 saturated heterocycles. The van der Waals surface area contributed by atoms with Gasteiger partial charge in [-0.25, -0.2) is 0 Å². The number of benzene rings is 1. The van der Waals surface area contributed by atoms with Crippen molar-refractivity contribution in [3.05, 3.63) is 54.0 Å². The molecule has 0 amide bonds. The van der Waals surface area contributed by atoms with E-state index in [0.717, 1.165) is 27.3 Å². The van der Waals surface area contributed by atoms with E-state index in [2.05, 4.69) is 35.3 Å². The van der Waals surface area contributed by atoms with Crippen LogP contribution >= 0.6 is 11.5 Å². The lowest BCUT2D eigenvalue weighted by Crippen LogP contribution is -1.91. The van der Waals surface area contributed by atoms with Crippen molar-refractivity contribution in [3.8, 4) is 27.3 Å². The van der Waals surface area contributed by atoms with Crippen molar-refractivity contribution >= 4 is 11.5 Å². The van der Waals surface area contributed by atoms with E-state index in [1.807, 2.05) is 18.3 Å². The highest BCUT2D eigenvalue weighted by atomic mass is 32.1. The third-order valence-corrected chi connectivity index (χ3v) is 4.51. The summed E-state index contributed by atoms with van der Waals surface area (Å²) in [7, 11) is 1.71. The van der Waals surface area contributed by atoms with Crippen molar-refractivity contribution in [2.75, 3.05) is 7.11 Å². The van der Waals surface area contributed by atoms with Crippen molar-refractivity contribution in [3.63, 3.8) is 0 Å². The molecule has 3 aromatic rings. The maximum absolute atomic E-state index is 5.48.